The van der Waals surface area contributed by atoms with Crippen LogP contribution in [0.3, 0.4) is 0 Å². The maximum Gasteiger partial charge on any atom is 0.127 e. The highest BCUT2D eigenvalue weighted by Crippen LogP contribution is 2.31. The molecule has 1 aliphatic heterocycles. The smallest absolute Gasteiger partial charge is 0.127 e. The molecule has 0 amide bonds. The van der Waals surface area contributed by atoms with Crippen LogP contribution in [-0.2, 0) is 0 Å². The summed E-state index contributed by atoms with van der Waals surface area (Å²) in [7, 11) is 0. The number of anilines is 1. The van der Waals surface area contributed by atoms with E-state index in [4.69, 9.17) is 0 Å². The van der Waals surface area contributed by atoms with Crippen LogP contribution in [0.5, 0.6) is 5.75 Å². The number of aromatic hydroxyl groups is 1. The van der Waals surface area contributed by atoms with Crippen molar-refractivity contribution < 1.29 is 5.11 Å². The predicted octanol–water partition coefficient (Wildman–Crippen LogP) is 5.20. The van der Waals surface area contributed by atoms with Crippen molar-refractivity contribution in [2.75, 3.05) is 18.0 Å². The van der Waals surface area contributed by atoms with E-state index in [1.54, 1.807) is 6.21 Å². The van der Waals surface area contributed by atoms with E-state index in [0.717, 1.165) is 34.4 Å². The number of piperidine rings is 1. The van der Waals surface area contributed by atoms with Crippen molar-refractivity contribution in [1.82, 2.24) is 0 Å². The lowest BCUT2D eigenvalue weighted by Crippen LogP contribution is -2.29. The summed E-state index contributed by atoms with van der Waals surface area (Å²) < 4.78 is 0.943. The number of benzene rings is 2. The largest absolute Gasteiger partial charge is 0.507 e. The van der Waals surface area contributed by atoms with Gasteiger partial charge in [-0.2, -0.15) is 0 Å². The predicted molar refractivity (Wildman–Crippen MR) is 100 cm³/mol. The molecule has 1 saturated heterocycles. The van der Waals surface area contributed by atoms with E-state index in [1.165, 1.54) is 24.9 Å². The molecule has 1 fully saturated rings. The molecule has 0 spiro atoms. The third kappa shape index (κ3) is 3.75. The highest BCUT2D eigenvalue weighted by Gasteiger charge is 2.13. The van der Waals surface area contributed by atoms with Gasteiger partial charge in [-0.15, -0.1) is 0 Å². The molecule has 1 N–H and O–H groups in total. The quantitative estimate of drug-likeness (QED) is 0.751. The molecule has 0 bridgehead atoms. The number of para-hydroxylation sites is 2. The average molecular weight is 373 g/mol. The minimum Gasteiger partial charge on any atom is -0.507 e. The molecule has 0 radical (unpaired) electrons. The fraction of sp³-hybridized carbons (Fsp3) is 0.316. The molecule has 0 saturated carbocycles. The van der Waals surface area contributed by atoms with Crippen LogP contribution in [0.25, 0.3) is 0 Å². The minimum atomic E-state index is 0.285. The fourth-order valence-electron chi connectivity index (χ4n) is 2.97. The Kier molecular flexibility index (Phi) is 5.01. The minimum absolute atomic E-state index is 0.285. The number of hydrogen-bond donors (Lipinski definition) is 1. The molecule has 3 nitrogen and oxygen atoms in total. The molecular weight excluding hydrogens is 352 g/mol. The molecule has 120 valence electrons. The molecule has 0 aliphatic carbocycles. The van der Waals surface area contributed by atoms with Crippen molar-refractivity contribution in [1.29, 1.82) is 0 Å². The summed E-state index contributed by atoms with van der Waals surface area (Å²) in [6.07, 6.45) is 5.54. The average Bonchev–Trinajstić information content (AvgIpc) is 2.58. The van der Waals surface area contributed by atoms with Crippen LogP contribution in [0.2, 0.25) is 0 Å². The van der Waals surface area contributed by atoms with Gasteiger partial charge < -0.3 is 10.0 Å². The summed E-state index contributed by atoms with van der Waals surface area (Å²) in [5.41, 5.74) is 3.69. The van der Waals surface area contributed by atoms with Crippen molar-refractivity contribution in [3.8, 4) is 5.75 Å². The Morgan fingerprint density at radius 2 is 1.87 bits per heavy atom. The van der Waals surface area contributed by atoms with Crippen LogP contribution < -0.4 is 4.90 Å². The van der Waals surface area contributed by atoms with Crippen LogP contribution in [0, 0.1) is 6.92 Å². The van der Waals surface area contributed by atoms with Crippen LogP contribution in [0.15, 0.2) is 45.9 Å². The van der Waals surface area contributed by atoms with Gasteiger partial charge in [-0.1, -0.05) is 28.1 Å². The summed E-state index contributed by atoms with van der Waals surface area (Å²) in [6, 6.07) is 12.0. The van der Waals surface area contributed by atoms with Gasteiger partial charge in [-0.05, 0) is 56.0 Å². The number of rotatable bonds is 3. The number of aryl methyl sites for hydroxylation is 1. The second-order valence-corrected chi connectivity index (χ2v) is 6.87. The Morgan fingerprint density at radius 3 is 2.65 bits per heavy atom. The summed E-state index contributed by atoms with van der Waals surface area (Å²) in [6.45, 7) is 4.07. The Balaban J connectivity index is 1.91. The first-order chi connectivity index (χ1) is 11.1. The Labute approximate surface area is 145 Å². The number of aliphatic imine (C=N–C) groups is 1. The molecule has 2 aromatic carbocycles. The molecule has 23 heavy (non-hydrogen) atoms. The number of phenolic OH excluding ortho intramolecular Hbond substituents is 1. The summed E-state index contributed by atoms with van der Waals surface area (Å²) in [4.78, 5) is 7.05. The first-order valence-corrected chi connectivity index (χ1v) is 8.81. The van der Waals surface area contributed by atoms with Crippen molar-refractivity contribution in [3.63, 3.8) is 0 Å². The lowest BCUT2D eigenvalue weighted by molar-refractivity contribution is 0.470. The Morgan fingerprint density at radius 1 is 1.13 bits per heavy atom. The zero-order valence-corrected chi connectivity index (χ0v) is 14.9. The van der Waals surface area contributed by atoms with E-state index in [1.807, 2.05) is 31.2 Å². The second-order valence-electron chi connectivity index (χ2n) is 5.96. The van der Waals surface area contributed by atoms with Gasteiger partial charge in [-0.3, -0.25) is 4.99 Å². The van der Waals surface area contributed by atoms with Crippen molar-refractivity contribution in [2.45, 2.75) is 26.2 Å². The maximum absolute atomic E-state index is 10.2. The van der Waals surface area contributed by atoms with Crippen molar-refractivity contribution >= 4 is 33.5 Å². The summed E-state index contributed by atoms with van der Waals surface area (Å²) >= 11 is 3.47. The van der Waals surface area contributed by atoms with Crippen LogP contribution in [-0.4, -0.2) is 24.4 Å². The van der Waals surface area contributed by atoms with Crippen LogP contribution in [0.4, 0.5) is 11.4 Å². The van der Waals surface area contributed by atoms with Gasteiger partial charge in [0, 0.05) is 29.3 Å². The third-order valence-corrected chi connectivity index (χ3v) is 4.67. The summed E-state index contributed by atoms with van der Waals surface area (Å²) in [5.74, 6) is 0.285. The van der Waals surface area contributed by atoms with Gasteiger partial charge in [-0.25, -0.2) is 0 Å². The molecule has 0 unspecified atom stereocenters. The number of phenols is 1. The van der Waals surface area contributed by atoms with E-state index >= 15 is 0 Å². The molecule has 4 heteroatoms. The monoisotopic (exact) mass is 372 g/mol. The molecule has 0 aromatic heterocycles. The topological polar surface area (TPSA) is 35.8 Å². The SMILES string of the molecule is Cc1cc(Br)cc(C=Nc2ccccc2N2CCCCC2)c1O. The van der Waals surface area contributed by atoms with Gasteiger partial charge in [0.05, 0.1) is 11.4 Å². The van der Waals surface area contributed by atoms with Crippen molar-refractivity contribution in [2.24, 2.45) is 4.99 Å². The molecule has 3 rings (SSSR count). The normalized spacial score (nSPS) is 15.3. The third-order valence-electron chi connectivity index (χ3n) is 4.22. The molecule has 1 heterocycles. The van der Waals surface area contributed by atoms with Gasteiger partial charge >= 0.3 is 0 Å². The lowest BCUT2D eigenvalue weighted by Gasteiger charge is -2.29. The van der Waals surface area contributed by atoms with Gasteiger partial charge in [0.2, 0.25) is 0 Å². The molecular formula is C19H21BrN2O. The van der Waals surface area contributed by atoms with E-state index < -0.39 is 0 Å². The zero-order valence-electron chi connectivity index (χ0n) is 13.3. The summed E-state index contributed by atoms with van der Waals surface area (Å²) in [5, 5.41) is 10.2. The van der Waals surface area contributed by atoms with Gasteiger partial charge in [0.15, 0.2) is 0 Å². The second kappa shape index (κ2) is 7.18. The molecule has 1 aliphatic rings. The van der Waals surface area contributed by atoms with Gasteiger partial charge in [0.1, 0.15) is 5.75 Å². The molecule has 0 atom stereocenters. The number of halogens is 1. The highest BCUT2D eigenvalue weighted by atomic mass is 79.9. The van der Waals surface area contributed by atoms with Crippen molar-refractivity contribution in [3.05, 3.63) is 52.0 Å². The van der Waals surface area contributed by atoms with E-state index in [2.05, 4.69) is 38.0 Å². The van der Waals surface area contributed by atoms with Crippen LogP contribution >= 0.6 is 15.9 Å². The highest BCUT2D eigenvalue weighted by molar-refractivity contribution is 9.10. The zero-order chi connectivity index (χ0) is 16.2. The first-order valence-electron chi connectivity index (χ1n) is 8.02. The van der Waals surface area contributed by atoms with E-state index in [0.29, 0.717) is 0 Å². The fourth-order valence-corrected chi connectivity index (χ4v) is 3.56. The van der Waals surface area contributed by atoms with E-state index in [-0.39, 0.29) is 5.75 Å². The molecule has 2 aromatic rings. The Bertz CT molecular complexity index is 721. The maximum atomic E-state index is 10.2. The number of nitrogens with zero attached hydrogens (tertiary/aromatic N) is 2. The van der Waals surface area contributed by atoms with E-state index in [9.17, 15) is 5.11 Å². The lowest BCUT2D eigenvalue weighted by atomic mass is 10.1. The first kappa shape index (κ1) is 16.1. The standard InChI is InChI=1S/C19H21BrN2O/c1-14-11-16(20)12-15(19(14)23)13-21-17-7-3-4-8-18(17)22-9-5-2-6-10-22/h3-4,7-8,11-13,23H,2,5-6,9-10H2,1H3. The number of hydrogen-bond acceptors (Lipinski definition) is 3. The van der Waals surface area contributed by atoms with Crippen LogP contribution in [0.1, 0.15) is 30.4 Å². The Hall–Kier alpha value is -1.81. The van der Waals surface area contributed by atoms with Gasteiger partial charge in [0.25, 0.3) is 0 Å².